The van der Waals surface area contributed by atoms with Gasteiger partial charge in [-0.05, 0) is 56.1 Å². The van der Waals surface area contributed by atoms with E-state index in [1.54, 1.807) is 7.11 Å². The fraction of sp³-hybridized carbons (Fsp3) is 0.429. The normalized spacial score (nSPS) is 16.4. The van der Waals surface area contributed by atoms with Crippen LogP contribution in [0.3, 0.4) is 0 Å². The van der Waals surface area contributed by atoms with Crippen LogP contribution in [-0.4, -0.2) is 38.8 Å². The van der Waals surface area contributed by atoms with Gasteiger partial charge in [0, 0.05) is 29.6 Å². The first-order valence-corrected chi connectivity index (χ1v) is 9.19. The quantitative estimate of drug-likeness (QED) is 0.746. The van der Waals surface area contributed by atoms with Gasteiger partial charge in [0.05, 0.1) is 13.7 Å². The summed E-state index contributed by atoms with van der Waals surface area (Å²) in [6.07, 6.45) is 2.06. The summed E-state index contributed by atoms with van der Waals surface area (Å²) in [5.41, 5.74) is 3.69. The van der Waals surface area contributed by atoms with E-state index in [2.05, 4.69) is 43.1 Å². The van der Waals surface area contributed by atoms with E-state index in [0.29, 0.717) is 5.92 Å². The third kappa shape index (κ3) is 4.28. The Labute approximate surface area is 155 Å². The van der Waals surface area contributed by atoms with Crippen molar-refractivity contribution in [3.05, 3.63) is 58.1 Å². The largest absolute Gasteiger partial charge is 0.496 e. The van der Waals surface area contributed by atoms with E-state index in [4.69, 9.17) is 21.1 Å². The molecule has 0 saturated carbocycles. The van der Waals surface area contributed by atoms with Crippen LogP contribution in [0.25, 0.3) is 0 Å². The zero-order valence-electron chi connectivity index (χ0n) is 15.2. The van der Waals surface area contributed by atoms with Crippen molar-refractivity contribution in [2.24, 2.45) is 0 Å². The molecule has 1 heterocycles. The average Bonchev–Trinajstić information content (AvgIpc) is 2.61. The molecule has 0 aliphatic carbocycles. The third-order valence-corrected chi connectivity index (χ3v) is 5.20. The number of likely N-dealkylation sites (N-methyl/N-ethyl adjacent to an activating group) is 1. The predicted molar refractivity (Wildman–Crippen MR) is 103 cm³/mol. The fourth-order valence-electron chi connectivity index (χ4n) is 3.56. The van der Waals surface area contributed by atoms with Crippen LogP contribution in [0.1, 0.15) is 29.0 Å². The van der Waals surface area contributed by atoms with Gasteiger partial charge in [0.1, 0.15) is 11.5 Å². The first kappa shape index (κ1) is 18.1. The lowest BCUT2D eigenvalue weighted by atomic mass is 9.90. The average molecular weight is 360 g/mol. The van der Waals surface area contributed by atoms with Crippen LogP contribution in [-0.2, 0) is 6.42 Å². The Hall–Kier alpha value is -1.71. The maximum absolute atomic E-state index is 6.07. The van der Waals surface area contributed by atoms with Crippen molar-refractivity contribution in [2.75, 3.05) is 33.9 Å². The molecule has 3 rings (SSSR count). The standard InChI is InChI=1S/C21H26ClNO2/c1-15-20(24-3)8-7-19-17(10-12-25-21(15)19)14-23(2)11-9-16-5-4-6-18(22)13-16/h4-8,13,17H,9-12,14H2,1-3H3. The number of hydrogen-bond donors (Lipinski definition) is 0. The van der Waals surface area contributed by atoms with Gasteiger partial charge >= 0.3 is 0 Å². The van der Waals surface area contributed by atoms with E-state index >= 15 is 0 Å². The maximum Gasteiger partial charge on any atom is 0.129 e. The van der Waals surface area contributed by atoms with Gasteiger partial charge in [-0.25, -0.2) is 0 Å². The van der Waals surface area contributed by atoms with Crippen LogP contribution in [0.15, 0.2) is 36.4 Å². The zero-order valence-corrected chi connectivity index (χ0v) is 16.0. The molecule has 0 radical (unpaired) electrons. The van der Waals surface area contributed by atoms with Gasteiger partial charge < -0.3 is 14.4 Å². The summed E-state index contributed by atoms with van der Waals surface area (Å²) >= 11 is 6.07. The number of ether oxygens (including phenoxy) is 2. The highest BCUT2D eigenvalue weighted by molar-refractivity contribution is 6.30. The highest BCUT2D eigenvalue weighted by Crippen LogP contribution is 2.40. The van der Waals surface area contributed by atoms with Crippen molar-refractivity contribution in [1.29, 1.82) is 0 Å². The molecule has 0 saturated heterocycles. The van der Waals surface area contributed by atoms with E-state index < -0.39 is 0 Å². The summed E-state index contributed by atoms with van der Waals surface area (Å²) < 4.78 is 11.4. The summed E-state index contributed by atoms with van der Waals surface area (Å²) in [6.45, 7) is 4.89. The molecule has 0 aromatic heterocycles. The molecule has 1 aliphatic rings. The molecule has 1 atom stereocenters. The molecule has 0 bridgehead atoms. The number of nitrogens with zero attached hydrogens (tertiary/aromatic N) is 1. The summed E-state index contributed by atoms with van der Waals surface area (Å²) in [7, 11) is 3.90. The molecule has 134 valence electrons. The van der Waals surface area contributed by atoms with E-state index in [1.807, 2.05) is 12.1 Å². The molecule has 3 nitrogen and oxygen atoms in total. The van der Waals surface area contributed by atoms with Crippen LogP contribution in [0, 0.1) is 6.92 Å². The molecule has 1 aliphatic heterocycles. The molecule has 0 amide bonds. The minimum absolute atomic E-state index is 0.498. The maximum atomic E-state index is 6.07. The second-order valence-corrected chi connectivity index (χ2v) is 7.22. The molecule has 2 aromatic carbocycles. The first-order valence-electron chi connectivity index (χ1n) is 8.81. The number of rotatable bonds is 6. The molecule has 0 fully saturated rings. The lowest BCUT2D eigenvalue weighted by Crippen LogP contribution is -2.29. The smallest absolute Gasteiger partial charge is 0.129 e. The Morgan fingerprint density at radius 1 is 1.28 bits per heavy atom. The van der Waals surface area contributed by atoms with Crippen LogP contribution in [0.5, 0.6) is 11.5 Å². The van der Waals surface area contributed by atoms with Crippen molar-refractivity contribution >= 4 is 11.6 Å². The molecule has 2 aromatic rings. The second kappa shape index (κ2) is 8.11. The van der Waals surface area contributed by atoms with Crippen LogP contribution in [0.2, 0.25) is 5.02 Å². The lowest BCUT2D eigenvalue weighted by Gasteiger charge is -2.31. The lowest BCUT2D eigenvalue weighted by molar-refractivity contribution is 0.230. The van der Waals surface area contributed by atoms with E-state index in [-0.39, 0.29) is 0 Å². The molecule has 1 unspecified atom stereocenters. The van der Waals surface area contributed by atoms with Crippen LogP contribution >= 0.6 is 11.6 Å². The van der Waals surface area contributed by atoms with Crippen molar-refractivity contribution in [1.82, 2.24) is 4.90 Å². The van der Waals surface area contributed by atoms with E-state index in [1.165, 1.54) is 11.1 Å². The molecular weight excluding hydrogens is 334 g/mol. The number of hydrogen-bond acceptors (Lipinski definition) is 3. The zero-order chi connectivity index (χ0) is 17.8. The van der Waals surface area contributed by atoms with Gasteiger partial charge in [0.2, 0.25) is 0 Å². The Bertz CT molecular complexity index is 732. The van der Waals surface area contributed by atoms with Crippen LogP contribution in [0.4, 0.5) is 0 Å². The number of halogens is 1. The van der Waals surface area contributed by atoms with E-state index in [0.717, 1.165) is 54.6 Å². The van der Waals surface area contributed by atoms with Gasteiger partial charge in [-0.2, -0.15) is 0 Å². The molecule has 25 heavy (non-hydrogen) atoms. The van der Waals surface area contributed by atoms with Crippen molar-refractivity contribution in [3.8, 4) is 11.5 Å². The Kier molecular flexibility index (Phi) is 5.87. The van der Waals surface area contributed by atoms with Gasteiger partial charge in [-0.3, -0.25) is 0 Å². The predicted octanol–water partition coefficient (Wildman–Crippen LogP) is 4.70. The van der Waals surface area contributed by atoms with Crippen molar-refractivity contribution in [3.63, 3.8) is 0 Å². The minimum atomic E-state index is 0.498. The number of fused-ring (bicyclic) bond motifs is 1. The second-order valence-electron chi connectivity index (χ2n) is 6.79. The Morgan fingerprint density at radius 3 is 2.88 bits per heavy atom. The van der Waals surface area contributed by atoms with Gasteiger partial charge in [0.25, 0.3) is 0 Å². The SMILES string of the molecule is COc1ccc2c(c1C)OCCC2CN(C)CCc1cccc(Cl)c1. The Balaban J connectivity index is 1.65. The minimum Gasteiger partial charge on any atom is -0.496 e. The fourth-order valence-corrected chi connectivity index (χ4v) is 3.77. The molecular formula is C21H26ClNO2. The number of methoxy groups -OCH3 is 1. The molecule has 0 spiro atoms. The molecule has 0 N–H and O–H groups in total. The van der Waals surface area contributed by atoms with Crippen molar-refractivity contribution in [2.45, 2.75) is 25.7 Å². The summed E-state index contributed by atoms with van der Waals surface area (Å²) in [5, 5.41) is 0.808. The topological polar surface area (TPSA) is 21.7 Å². The highest BCUT2D eigenvalue weighted by Gasteiger charge is 2.25. The first-order chi connectivity index (χ1) is 12.1. The summed E-state index contributed by atoms with van der Waals surface area (Å²) in [4.78, 5) is 2.40. The van der Waals surface area contributed by atoms with Crippen LogP contribution < -0.4 is 9.47 Å². The Morgan fingerprint density at radius 2 is 2.12 bits per heavy atom. The monoisotopic (exact) mass is 359 g/mol. The van der Waals surface area contributed by atoms with Crippen molar-refractivity contribution < 1.29 is 9.47 Å². The summed E-state index contributed by atoms with van der Waals surface area (Å²) in [5.74, 6) is 2.41. The summed E-state index contributed by atoms with van der Waals surface area (Å²) in [6, 6.07) is 12.3. The van der Waals surface area contributed by atoms with Gasteiger partial charge in [-0.15, -0.1) is 0 Å². The number of benzene rings is 2. The van der Waals surface area contributed by atoms with Gasteiger partial charge in [0.15, 0.2) is 0 Å². The third-order valence-electron chi connectivity index (χ3n) is 4.96. The van der Waals surface area contributed by atoms with Gasteiger partial charge in [-0.1, -0.05) is 29.8 Å². The molecule has 4 heteroatoms. The van der Waals surface area contributed by atoms with E-state index in [9.17, 15) is 0 Å². The highest BCUT2D eigenvalue weighted by atomic mass is 35.5.